The van der Waals surface area contributed by atoms with Crippen molar-refractivity contribution in [3.8, 4) is 5.75 Å². The van der Waals surface area contributed by atoms with E-state index in [4.69, 9.17) is 9.15 Å². The van der Waals surface area contributed by atoms with Crippen molar-refractivity contribution < 1.29 is 9.15 Å². The topological polar surface area (TPSA) is 38.5 Å². The summed E-state index contributed by atoms with van der Waals surface area (Å²) in [5, 5.41) is 0. The van der Waals surface area contributed by atoms with Crippen LogP contribution in [0.4, 0.5) is 0 Å². The lowest BCUT2D eigenvalue weighted by molar-refractivity contribution is 0.221. The van der Waals surface area contributed by atoms with Crippen LogP contribution >= 0.6 is 0 Å². The molecule has 0 bridgehead atoms. The molecule has 1 aromatic heterocycles. The largest absolute Gasteiger partial charge is 0.492 e. The standard InChI is InChI=1S/C18H20N2O2/c1-14-6-5-7-15(12-14)21-11-10-20(2)13-18-19-16-8-3-4-9-17(16)22-18/h3-9,12H,10-11,13H2,1-2H3. The highest BCUT2D eigenvalue weighted by Crippen LogP contribution is 2.16. The maximum atomic E-state index is 5.76. The van der Waals surface area contributed by atoms with Gasteiger partial charge in [-0.1, -0.05) is 24.3 Å². The van der Waals surface area contributed by atoms with Gasteiger partial charge in [-0.3, -0.25) is 4.90 Å². The Morgan fingerprint density at radius 2 is 2.00 bits per heavy atom. The molecular weight excluding hydrogens is 276 g/mol. The lowest BCUT2D eigenvalue weighted by Crippen LogP contribution is -2.24. The Labute approximate surface area is 130 Å². The molecule has 0 saturated carbocycles. The monoisotopic (exact) mass is 296 g/mol. The number of nitrogens with zero attached hydrogens (tertiary/aromatic N) is 2. The SMILES string of the molecule is Cc1cccc(OCCN(C)Cc2nc3ccccc3o2)c1. The average Bonchev–Trinajstić information content (AvgIpc) is 2.89. The molecule has 1 heterocycles. The molecule has 4 nitrogen and oxygen atoms in total. The Balaban J connectivity index is 1.50. The van der Waals surface area contributed by atoms with E-state index in [9.17, 15) is 0 Å². The fourth-order valence-electron chi connectivity index (χ4n) is 2.32. The van der Waals surface area contributed by atoms with Crippen LogP contribution in [-0.4, -0.2) is 30.1 Å². The number of hydrogen-bond donors (Lipinski definition) is 0. The third-order valence-corrected chi connectivity index (χ3v) is 3.47. The summed E-state index contributed by atoms with van der Waals surface area (Å²) in [6, 6.07) is 15.9. The lowest BCUT2D eigenvalue weighted by Gasteiger charge is -2.15. The van der Waals surface area contributed by atoms with Crippen molar-refractivity contribution in [1.29, 1.82) is 0 Å². The maximum absolute atomic E-state index is 5.76. The van der Waals surface area contributed by atoms with Gasteiger partial charge in [0.15, 0.2) is 5.58 Å². The van der Waals surface area contributed by atoms with Gasteiger partial charge in [0, 0.05) is 6.54 Å². The van der Waals surface area contributed by atoms with E-state index in [-0.39, 0.29) is 0 Å². The number of para-hydroxylation sites is 2. The number of oxazole rings is 1. The summed E-state index contributed by atoms with van der Waals surface area (Å²) >= 11 is 0. The second kappa shape index (κ2) is 6.62. The molecule has 0 fully saturated rings. The highest BCUT2D eigenvalue weighted by Gasteiger charge is 2.08. The van der Waals surface area contributed by atoms with Crippen molar-refractivity contribution in [3.05, 3.63) is 60.0 Å². The minimum absolute atomic E-state index is 0.639. The Morgan fingerprint density at radius 3 is 2.82 bits per heavy atom. The van der Waals surface area contributed by atoms with Crippen molar-refractivity contribution in [1.82, 2.24) is 9.88 Å². The second-order valence-corrected chi connectivity index (χ2v) is 5.48. The van der Waals surface area contributed by atoms with Gasteiger partial charge >= 0.3 is 0 Å². The van der Waals surface area contributed by atoms with E-state index in [0.717, 1.165) is 29.3 Å². The van der Waals surface area contributed by atoms with Crippen LogP contribution in [0.1, 0.15) is 11.5 Å². The van der Waals surface area contributed by atoms with Gasteiger partial charge in [-0.25, -0.2) is 4.98 Å². The molecule has 3 rings (SSSR count). The molecule has 0 amide bonds. The van der Waals surface area contributed by atoms with Gasteiger partial charge in [0.05, 0.1) is 6.54 Å². The number of likely N-dealkylation sites (N-methyl/N-ethyl adjacent to an activating group) is 1. The van der Waals surface area contributed by atoms with Crippen LogP contribution in [0.25, 0.3) is 11.1 Å². The molecule has 0 saturated heterocycles. The van der Waals surface area contributed by atoms with Gasteiger partial charge in [-0.2, -0.15) is 0 Å². The quantitative estimate of drug-likeness (QED) is 0.696. The van der Waals surface area contributed by atoms with E-state index >= 15 is 0 Å². The summed E-state index contributed by atoms with van der Waals surface area (Å²) in [6.07, 6.45) is 0. The van der Waals surface area contributed by atoms with Gasteiger partial charge in [0.1, 0.15) is 17.9 Å². The van der Waals surface area contributed by atoms with E-state index < -0.39 is 0 Å². The van der Waals surface area contributed by atoms with Gasteiger partial charge < -0.3 is 9.15 Å². The van der Waals surface area contributed by atoms with Gasteiger partial charge in [0.25, 0.3) is 0 Å². The molecule has 0 aliphatic rings. The molecule has 4 heteroatoms. The van der Waals surface area contributed by atoms with Crippen LogP contribution in [0, 0.1) is 6.92 Å². The lowest BCUT2D eigenvalue weighted by atomic mass is 10.2. The number of ether oxygens (including phenoxy) is 1. The first-order valence-corrected chi connectivity index (χ1v) is 7.43. The number of hydrogen-bond acceptors (Lipinski definition) is 4. The highest BCUT2D eigenvalue weighted by molar-refractivity contribution is 5.72. The van der Waals surface area contributed by atoms with Crippen molar-refractivity contribution in [2.24, 2.45) is 0 Å². The molecule has 0 spiro atoms. The highest BCUT2D eigenvalue weighted by atomic mass is 16.5. The van der Waals surface area contributed by atoms with Crippen molar-refractivity contribution >= 4 is 11.1 Å². The number of benzene rings is 2. The average molecular weight is 296 g/mol. The van der Waals surface area contributed by atoms with Crippen LogP contribution in [-0.2, 0) is 6.54 Å². The molecule has 2 aromatic carbocycles. The first-order valence-electron chi connectivity index (χ1n) is 7.43. The molecule has 0 aliphatic heterocycles. The molecule has 3 aromatic rings. The third kappa shape index (κ3) is 3.65. The smallest absolute Gasteiger partial charge is 0.209 e. The van der Waals surface area contributed by atoms with E-state index in [0.29, 0.717) is 13.2 Å². The minimum atomic E-state index is 0.639. The fraction of sp³-hybridized carbons (Fsp3) is 0.278. The van der Waals surface area contributed by atoms with Crippen LogP contribution in [0.5, 0.6) is 5.75 Å². The number of fused-ring (bicyclic) bond motifs is 1. The van der Waals surface area contributed by atoms with Crippen LogP contribution in [0.15, 0.2) is 52.9 Å². The number of aromatic nitrogens is 1. The molecule has 114 valence electrons. The normalized spacial score (nSPS) is 11.2. The summed E-state index contributed by atoms with van der Waals surface area (Å²) in [6.45, 7) is 4.19. The summed E-state index contributed by atoms with van der Waals surface area (Å²) in [4.78, 5) is 6.62. The zero-order valence-electron chi connectivity index (χ0n) is 13.0. The zero-order chi connectivity index (χ0) is 15.4. The number of aryl methyl sites for hydroxylation is 1. The molecule has 22 heavy (non-hydrogen) atoms. The van der Waals surface area contributed by atoms with E-state index in [1.165, 1.54) is 5.56 Å². The summed E-state index contributed by atoms with van der Waals surface area (Å²) in [5.74, 6) is 1.65. The Bertz CT molecular complexity index is 718. The molecule has 0 unspecified atom stereocenters. The van der Waals surface area contributed by atoms with Crippen molar-refractivity contribution in [3.63, 3.8) is 0 Å². The molecule has 0 aliphatic carbocycles. The first kappa shape index (κ1) is 14.6. The van der Waals surface area contributed by atoms with E-state index in [1.807, 2.05) is 49.5 Å². The van der Waals surface area contributed by atoms with Crippen LogP contribution in [0.2, 0.25) is 0 Å². The van der Waals surface area contributed by atoms with E-state index in [1.54, 1.807) is 0 Å². The number of rotatable bonds is 6. The van der Waals surface area contributed by atoms with Crippen molar-refractivity contribution in [2.45, 2.75) is 13.5 Å². The Hall–Kier alpha value is -2.33. The Kier molecular flexibility index (Phi) is 4.39. The van der Waals surface area contributed by atoms with Gasteiger partial charge in [-0.05, 0) is 43.8 Å². The molecular formula is C18H20N2O2. The summed E-state index contributed by atoms with van der Waals surface area (Å²) in [7, 11) is 2.04. The summed E-state index contributed by atoms with van der Waals surface area (Å²) in [5.41, 5.74) is 2.95. The molecule has 0 atom stereocenters. The fourth-order valence-corrected chi connectivity index (χ4v) is 2.32. The minimum Gasteiger partial charge on any atom is -0.492 e. The van der Waals surface area contributed by atoms with E-state index in [2.05, 4.69) is 22.9 Å². The van der Waals surface area contributed by atoms with Gasteiger partial charge in [-0.15, -0.1) is 0 Å². The first-order chi connectivity index (χ1) is 10.7. The Morgan fingerprint density at radius 1 is 1.14 bits per heavy atom. The maximum Gasteiger partial charge on any atom is 0.209 e. The third-order valence-electron chi connectivity index (χ3n) is 3.47. The van der Waals surface area contributed by atoms with Crippen LogP contribution in [0.3, 0.4) is 0 Å². The predicted octanol–water partition coefficient (Wildman–Crippen LogP) is 3.65. The summed E-state index contributed by atoms with van der Waals surface area (Å²) < 4.78 is 11.5. The predicted molar refractivity (Wildman–Crippen MR) is 87.0 cm³/mol. The van der Waals surface area contributed by atoms with Gasteiger partial charge in [0.2, 0.25) is 5.89 Å². The van der Waals surface area contributed by atoms with Crippen LogP contribution < -0.4 is 4.74 Å². The van der Waals surface area contributed by atoms with Crippen molar-refractivity contribution in [2.75, 3.05) is 20.2 Å². The second-order valence-electron chi connectivity index (χ2n) is 5.48. The molecule has 0 radical (unpaired) electrons. The zero-order valence-corrected chi connectivity index (χ0v) is 13.0. The molecule has 0 N–H and O–H groups in total.